The van der Waals surface area contributed by atoms with Crippen LogP contribution in [0.3, 0.4) is 0 Å². The Balaban J connectivity index is 1.82. The van der Waals surface area contributed by atoms with Gasteiger partial charge in [0.25, 0.3) is 0 Å². The van der Waals surface area contributed by atoms with Crippen LogP contribution in [0, 0.1) is 5.92 Å². The second kappa shape index (κ2) is 5.43. The molecule has 0 radical (unpaired) electrons. The van der Waals surface area contributed by atoms with Crippen LogP contribution in [-0.4, -0.2) is 37.7 Å². The van der Waals surface area contributed by atoms with Gasteiger partial charge in [-0.3, -0.25) is 0 Å². The first-order valence-electron chi connectivity index (χ1n) is 5.81. The van der Waals surface area contributed by atoms with E-state index in [-0.39, 0.29) is 6.04 Å². The number of hydrogen-bond acceptors (Lipinski definition) is 3. The van der Waals surface area contributed by atoms with Crippen molar-refractivity contribution in [2.75, 3.05) is 26.8 Å². The summed E-state index contributed by atoms with van der Waals surface area (Å²) in [5, 5.41) is 0. The first kappa shape index (κ1) is 11.6. The average Bonchev–Trinajstić information content (AvgIpc) is 2.66. The fourth-order valence-corrected chi connectivity index (χ4v) is 2.16. The lowest BCUT2D eigenvalue weighted by atomic mass is 10.0. The number of ether oxygens (including phenoxy) is 1. The summed E-state index contributed by atoms with van der Waals surface area (Å²) >= 11 is 0. The standard InChI is InChI=1S/C13H20N2O/c1-15(7-11-5-3-2-4-6-11)8-12-9-16-10-13(12)14/h2-6,12-13H,7-10,14H2,1H3. The van der Waals surface area contributed by atoms with Crippen molar-refractivity contribution in [3.63, 3.8) is 0 Å². The van der Waals surface area contributed by atoms with Gasteiger partial charge in [0.2, 0.25) is 0 Å². The fourth-order valence-electron chi connectivity index (χ4n) is 2.16. The van der Waals surface area contributed by atoms with Gasteiger partial charge in [-0.25, -0.2) is 0 Å². The summed E-state index contributed by atoms with van der Waals surface area (Å²) in [7, 11) is 2.14. The number of rotatable bonds is 4. The Morgan fingerprint density at radius 1 is 1.31 bits per heavy atom. The molecule has 16 heavy (non-hydrogen) atoms. The van der Waals surface area contributed by atoms with E-state index in [1.165, 1.54) is 5.56 Å². The molecule has 3 heteroatoms. The van der Waals surface area contributed by atoms with Crippen LogP contribution in [0.5, 0.6) is 0 Å². The normalized spacial score (nSPS) is 25.2. The van der Waals surface area contributed by atoms with E-state index < -0.39 is 0 Å². The van der Waals surface area contributed by atoms with Crippen molar-refractivity contribution in [3.8, 4) is 0 Å². The molecule has 0 spiro atoms. The van der Waals surface area contributed by atoms with Gasteiger partial charge in [-0.05, 0) is 12.6 Å². The van der Waals surface area contributed by atoms with E-state index in [0.29, 0.717) is 12.5 Å². The molecule has 3 nitrogen and oxygen atoms in total. The van der Waals surface area contributed by atoms with Crippen molar-refractivity contribution in [3.05, 3.63) is 35.9 Å². The third kappa shape index (κ3) is 3.04. The lowest BCUT2D eigenvalue weighted by Gasteiger charge is -2.22. The molecule has 1 aliphatic rings. The van der Waals surface area contributed by atoms with E-state index in [0.717, 1.165) is 19.7 Å². The Hall–Kier alpha value is -0.900. The molecular weight excluding hydrogens is 200 g/mol. The van der Waals surface area contributed by atoms with Crippen LogP contribution in [-0.2, 0) is 11.3 Å². The maximum atomic E-state index is 5.97. The molecule has 1 heterocycles. The first-order chi connectivity index (χ1) is 7.75. The molecule has 1 fully saturated rings. The molecule has 0 aliphatic carbocycles. The van der Waals surface area contributed by atoms with Crippen molar-refractivity contribution in [1.29, 1.82) is 0 Å². The number of nitrogens with two attached hydrogens (primary N) is 1. The van der Waals surface area contributed by atoms with E-state index in [2.05, 4.69) is 36.2 Å². The van der Waals surface area contributed by atoms with Crippen molar-refractivity contribution >= 4 is 0 Å². The Morgan fingerprint density at radius 3 is 2.69 bits per heavy atom. The van der Waals surface area contributed by atoms with Gasteiger partial charge in [0.1, 0.15) is 0 Å². The van der Waals surface area contributed by atoms with Gasteiger partial charge in [0.15, 0.2) is 0 Å². The predicted octanol–water partition coefficient (Wildman–Crippen LogP) is 1.09. The van der Waals surface area contributed by atoms with Crippen molar-refractivity contribution in [2.45, 2.75) is 12.6 Å². The molecule has 0 amide bonds. The molecule has 2 atom stereocenters. The SMILES string of the molecule is CN(Cc1ccccc1)CC1COCC1N. The zero-order valence-electron chi connectivity index (χ0n) is 9.80. The van der Waals surface area contributed by atoms with Gasteiger partial charge in [0.05, 0.1) is 13.2 Å². The van der Waals surface area contributed by atoms with E-state index >= 15 is 0 Å². The summed E-state index contributed by atoms with van der Waals surface area (Å²) in [5.74, 6) is 0.480. The highest BCUT2D eigenvalue weighted by molar-refractivity contribution is 5.14. The topological polar surface area (TPSA) is 38.5 Å². The second-order valence-electron chi connectivity index (χ2n) is 4.64. The summed E-state index contributed by atoms with van der Waals surface area (Å²) in [6.45, 7) is 3.50. The number of benzene rings is 1. The van der Waals surface area contributed by atoms with Crippen molar-refractivity contribution in [1.82, 2.24) is 4.90 Å². The molecule has 1 saturated heterocycles. The predicted molar refractivity (Wildman–Crippen MR) is 65.1 cm³/mol. The maximum absolute atomic E-state index is 5.97. The lowest BCUT2D eigenvalue weighted by molar-refractivity contribution is 0.172. The van der Waals surface area contributed by atoms with Gasteiger partial charge in [0, 0.05) is 25.0 Å². The van der Waals surface area contributed by atoms with Gasteiger partial charge in [-0.2, -0.15) is 0 Å². The summed E-state index contributed by atoms with van der Waals surface area (Å²) < 4.78 is 5.37. The zero-order valence-corrected chi connectivity index (χ0v) is 9.80. The molecule has 0 aromatic heterocycles. The van der Waals surface area contributed by atoms with Gasteiger partial charge < -0.3 is 15.4 Å². The highest BCUT2D eigenvalue weighted by Crippen LogP contribution is 2.14. The third-order valence-electron chi connectivity index (χ3n) is 3.09. The Kier molecular flexibility index (Phi) is 3.93. The van der Waals surface area contributed by atoms with E-state index in [4.69, 9.17) is 10.5 Å². The Morgan fingerprint density at radius 2 is 2.06 bits per heavy atom. The van der Waals surface area contributed by atoms with Crippen LogP contribution in [0.15, 0.2) is 30.3 Å². The quantitative estimate of drug-likeness (QED) is 0.825. The van der Waals surface area contributed by atoms with E-state index in [9.17, 15) is 0 Å². The van der Waals surface area contributed by atoms with Crippen LogP contribution in [0.4, 0.5) is 0 Å². The summed E-state index contributed by atoms with van der Waals surface area (Å²) in [4.78, 5) is 2.31. The molecule has 0 saturated carbocycles. The third-order valence-corrected chi connectivity index (χ3v) is 3.09. The summed E-state index contributed by atoms with van der Waals surface area (Å²) in [6.07, 6.45) is 0. The van der Waals surface area contributed by atoms with Crippen LogP contribution in [0.2, 0.25) is 0 Å². The average molecular weight is 220 g/mol. The maximum Gasteiger partial charge on any atom is 0.0621 e. The minimum atomic E-state index is 0.207. The highest BCUT2D eigenvalue weighted by atomic mass is 16.5. The van der Waals surface area contributed by atoms with Crippen molar-refractivity contribution in [2.24, 2.45) is 11.7 Å². The lowest BCUT2D eigenvalue weighted by Crippen LogP contribution is -2.36. The zero-order chi connectivity index (χ0) is 11.4. The van der Waals surface area contributed by atoms with Crippen LogP contribution in [0.25, 0.3) is 0 Å². The number of hydrogen-bond donors (Lipinski definition) is 1. The van der Waals surface area contributed by atoms with Gasteiger partial charge >= 0.3 is 0 Å². The van der Waals surface area contributed by atoms with Gasteiger partial charge in [-0.1, -0.05) is 30.3 Å². The minimum absolute atomic E-state index is 0.207. The molecule has 1 aliphatic heterocycles. The summed E-state index contributed by atoms with van der Waals surface area (Å²) in [6, 6.07) is 10.7. The molecule has 1 aromatic carbocycles. The Bertz CT molecular complexity index is 315. The van der Waals surface area contributed by atoms with E-state index in [1.54, 1.807) is 0 Å². The second-order valence-corrected chi connectivity index (χ2v) is 4.64. The smallest absolute Gasteiger partial charge is 0.0621 e. The van der Waals surface area contributed by atoms with Crippen molar-refractivity contribution < 1.29 is 4.74 Å². The fraction of sp³-hybridized carbons (Fsp3) is 0.538. The Labute approximate surface area is 97.2 Å². The van der Waals surface area contributed by atoms with Gasteiger partial charge in [-0.15, -0.1) is 0 Å². The largest absolute Gasteiger partial charge is 0.379 e. The molecule has 0 bridgehead atoms. The van der Waals surface area contributed by atoms with E-state index in [1.807, 2.05) is 6.07 Å². The minimum Gasteiger partial charge on any atom is -0.379 e. The molecular formula is C13H20N2O. The monoisotopic (exact) mass is 220 g/mol. The highest BCUT2D eigenvalue weighted by Gasteiger charge is 2.25. The van der Waals surface area contributed by atoms with Crippen LogP contribution in [0.1, 0.15) is 5.56 Å². The molecule has 88 valence electrons. The number of nitrogens with zero attached hydrogens (tertiary/aromatic N) is 1. The molecule has 2 rings (SSSR count). The molecule has 1 aromatic rings. The van der Waals surface area contributed by atoms with Crippen LogP contribution < -0.4 is 5.73 Å². The van der Waals surface area contributed by atoms with Crippen LogP contribution >= 0.6 is 0 Å². The summed E-state index contributed by atoms with van der Waals surface area (Å²) in [5.41, 5.74) is 7.31. The molecule has 2 unspecified atom stereocenters. The molecule has 2 N–H and O–H groups in total. The first-order valence-corrected chi connectivity index (χ1v) is 5.81.